The average Bonchev–Trinajstić information content (AvgIpc) is 2.48. The Balaban J connectivity index is 2.03. The van der Waals surface area contributed by atoms with Gasteiger partial charge < -0.3 is 5.11 Å². The van der Waals surface area contributed by atoms with E-state index in [1.54, 1.807) is 12.1 Å². The molecule has 0 heterocycles. The molecule has 1 unspecified atom stereocenters. The summed E-state index contributed by atoms with van der Waals surface area (Å²) in [5.41, 5.74) is 4.00. The van der Waals surface area contributed by atoms with Gasteiger partial charge in [-0.1, -0.05) is 63.1 Å². The van der Waals surface area contributed by atoms with Crippen LogP contribution in [-0.4, -0.2) is 5.11 Å². The minimum absolute atomic E-state index is 0.326. The van der Waals surface area contributed by atoms with Crippen molar-refractivity contribution in [1.29, 1.82) is 0 Å². The molecule has 0 aliphatic heterocycles. The van der Waals surface area contributed by atoms with Crippen molar-refractivity contribution >= 4 is 0 Å². The van der Waals surface area contributed by atoms with Crippen LogP contribution in [0.4, 0.5) is 0 Å². The number of hydrogen-bond acceptors (Lipinski definition) is 1. The maximum atomic E-state index is 9.35. The summed E-state index contributed by atoms with van der Waals surface area (Å²) in [6.45, 7) is 4.45. The van der Waals surface area contributed by atoms with Crippen LogP contribution in [0.3, 0.4) is 0 Å². The molecule has 0 saturated heterocycles. The highest BCUT2D eigenvalue weighted by molar-refractivity contribution is 5.36. The van der Waals surface area contributed by atoms with Crippen LogP contribution in [0.2, 0.25) is 0 Å². The fraction of sp³-hybridized carbons (Fsp3) is 0.368. The van der Waals surface area contributed by atoms with Crippen LogP contribution < -0.4 is 0 Å². The molecule has 1 N–H and O–H groups in total. The SMILES string of the molecule is CCCCCc1ccc(C(C)c2ccc(O)cc2)cc1. The topological polar surface area (TPSA) is 20.2 Å². The van der Waals surface area contributed by atoms with Gasteiger partial charge in [0, 0.05) is 5.92 Å². The Morgan fingerprint density at radius 1 is 0.850 bits per heavy atom. The number of hydrogen-bond donors (Lipinski definition) is 1. The van der Waals surface area contributed by atoms with E-state index in [1.165, 1.54) is 42.4 Å². The molecule has 1 nitrogen and oxygen atoms in total. The molecule has 0 spiro atoms. The average molecular weight is 268 g/mol. The predicted octanol–water partition coefficient (Wildman–Crippen LogP) is 5.28. The fourth-order valence-corrected chi connectivity index (χ4v) is 2.51. The third-order valence-corrected chi connectivity index (χ3v) is 3.94. The van der Waals surface area contributed by atoms with Gasteiger partial charge in [-0.15, -0.1) is 0 Å². The van der Waals surface area contributed by atoms with Gasteiger partial charge in [-0.3, -0.25) is 0 Å². The van der Waals surface area contributed by atoms with Crippen molar-refractivity contribution in [3.05, 3.63) is 65.2 Å². The van der Waals surface area contributed by atoms with E-state index in [2.05, 4.69) is 38.1 Å². The van der Waals surface area contributed by atoms with E-state index in [9.17, 15) is 5.11 Å². The number of phenols is 1. The number of rotatable bonds is 6. The van der Waals surface area contributed by atoms with Crippen LogP contribution in [0.1, 0.15) is 55.7 Å². The zero-order valence-electron chi connectivity index (χ0n) is 12.5. The van der Waals surface area contributed by atoms with Gasteiger partial charge in [0.1, 0.15) is 5.75 Å². The molecular weight excluding hydrogens is 244 g/mol. The molecule has 0 aliphatic carbocycles. The van der Waals surface area contributed by atoms with Crippen LogP contribution in [0, 0.1) is 0 Å². The van der Waals surface area contributed by atoms with Crippen molar-refractivity contribution in [1.82, 2.24) is 0 Å². The molecular formula is C19H24O. The lowest BCUT2D eigenvalue weighted by atomic mass is 9.92. The lowest BCUT2D eigenvalue weighted by Gasteiger charge is -2.13. The Hall–Kier alpha value is -1.76. The summed E-state index contributed by atoms with van der Waals surface area (Å²) in [4.78, 5) is 0. The molecule has 2 aromatic carbocycles. The lowest BCUT2D eigenvalue weighted by molar-refractivity contribution is 0.475. The van der Waals surface area contributed by atoms with Crippen molar-refractivity contribution in [2.24, 2.45) is 0 Å². The minimum atomic E-state index is 0.326. The van der Waals surface area contributed by atoms with Crippen molar-refractivity contribution in [3.8, 4) is 5.75 Å². The van der Waals surface area contributed by atoms with Crippen molar-refractivity contribution in [2.45, 2.75) is 45.4 Å². The molecule has 1 heteroatoms. The van der Waals surface area contributed by atoms with E-state index in [0.29, 0.717) is 11.7 Å². The van der Waals surface area contributed by atoms with Crippen molar-refractivity contribution < 1.29 is 5.11 Å². The van der Waals surface area contributed by atoms with Gasteiger partial charge in [-0.05, 0) is 41.7 Å². The van der Waals surface area contributed by atoms with E-state index in [0.717, 1.165) is 0 Å². The van der Waals surface area contributed by atoms with Gasteiger partial charge in [0.2, 0.25) is 0 Å². The maximum Gasteiger partial charge on any atom is 0.115 e. The smallest absolute Gasteiger partial charge is 0.115 e. The monoisotopic (exact) mass is 268 g/mol. The maximum absolute atomic E-state index is 9.35. The Morgan fingerprint density at radius 2 is 1.40 bits per heavy atom. The summed E-state index contributed by atoms with van der Waals surface area (Å²) in [7, 11) is 0. The molecule has 2 rings (SSSR count). The van der Waals surface area contributed by atoms with Crippen LogP contribution in [0.25, 0.3) is 0 Å². The summed E-state index contributed by atoms with van der Waals surface area (Å²) in [5.74, 6) is 0.688. The summed E-state index contributed by atoms with van der Waals surface area (Å²) in [5, 5.41) is 9.35. The van der Waals surface area contributed by atoms with Crippen molar-refractivity contribution in [3.63, 3.8) is 0 Å². The van der Waals surface area contributed by atoms with Gasteiger partial charge in [-0.25, -0.2) is 0 Å². The second-order valence-electron chi connectivity index (χ2n) is 5.51. The first kappa shape index (κ1) is 14.6. The van der Waals surface area contributed by atoms with Gasteiger partial charge in [0.25, 0.3) is 0 Å². The summed E-state index contributed by atoms with van der Waals surface area (Å²) in [6, 6.07) is 16.5. The molecule has 0 fully saturated rings. The summed E-state index contributed by atoms with van der Waals surface area (Å²) < 4.78 is 0. The molecule has 2 aromatic rings. The van der Waals surface area contributed by atoms with E-state index in [1.807, 2.05) is 12.1 Å². The fourth-order valence-electron chi connectivity index (χ4n) is 2.51. The Bertz CT molecular complexity index is 510. The van der Waals surface area contributed by atoms with Gasteiger partial charge in [0.05, 0.1) is 0 Å². The van der Waals surface area contributed by atoms with Crippen LogP contribution in [-0.2, 0) is 6.42 Å². The van der Waals surface area contributed by atoms with E-state index in [4.69, 9.17) is 0 Å². The second kappa shape index (κ2) is 7.14. The standard InChI is InChI=1S/C19H24O/c1-3-4-5-6-16-7-9-17(10-8-16)15(2)18-11-13-19(20)14-12-18/h7-15,20H,3-6H2,1-2H3. The zero-order valence-corrected chi connectivity index (χ0v) is 12.5. The van der Waals surface area contributed by atoms with E-state index >= 15 is 0 Å². The molecule has 0 radical (unpaired) electrons. The van der Waals surface area contributed by atoms with Gasteiger partial charge in [-0.2, -0.15) is 0 Å². The zero-order chi connectivity index (χ0) is 14.4. The first-order valence-electron chi connectivity index (χ1n) is 7.58. The predicted molar refractivity (Wildman–Crippen MR) is 85.3 cm³/mol. The highest BCUT2D eigenvalue weighted by Crippen LogP contribution is 2.25. The number of aryl methyl sites for hydroxylation is 1. The van der Waals surface area contributed by atoms with Gasteiger partial charge >= 0.3 is 0 Å². The number of unbranched alkanes of at least 4 members (excludes halogenated alkanes) is 2. The first-order chi connectivity index (χ1) is 9.70. The quantitative estimate of drug-likeness (QED) is 0.707. The first-order valence-corrected chi connectivity index (χ1v) is 7.58. The van der Waals surface area contributed by atoms with Crippen molar-refractivity contribution in [2.75, 3.05) is 0 Å². The minimum Gasteiger partial charge on any atom is -0.508 e. The third-order valence-electron chi connectivity index (χ3n) is 3.94. The molecule has 0 aromatic heterocycles. The highest BCUT2D eigenvalue weighted by atomic mass is 16.3. The summed E-state index contributed by atoms with van der Waals surface area (Å²) >= 11 is 0. The molecule has 20 heavy (non-hydrogen) atoms. The van der Waals surface area contributed by atoms with Crippen LogP contribution >= 0.6 is 0 Å². The molecule has 0 bridgehead atoms. The van der Waals surface area contributed by atoms with Gasteiger partial charge in [0.15, 0.2) is 0 Å². The highest BCUT2D eigenvalue weighted by Gasteiger charge is 2.08. The molecule has 106 valence electrons. The van der Waals surface area contributed by atoms with E-state index < -0.39 is 0 Å². The van der Waals surface area contributed by atoms with Crippen LogP contribution in [0.15, 0.2) is 48.5 Å². The largest absolute Gasteiger partial charge is 0.508 e. The number of phenolic OH excluding ortho intramolecular Hbond substituents is 1. The molecule has 0 saturated carbocycles. The lowest BCUT2D eigenvalue weighted by Crippen LogP contribution is -1.96. The number of benzene rings is 2. The summed E-state index contributed by atoms with van der Waals surface area (Å²) in [6.07, 6.45) is 5.05. The Kier molecular flexibility index (Phi) is 5.23. The van der Waals surface area contributed by atoms with Crippen LogP contribution in [0.5, 0.6) is 5.75 Å². The molecule has 0 aliphatic rings. The molecule has 0 amide bonds. The number of aromatic hydroxyl groups is 1. The molecule has 1 atom stereocenters. The Morgan fingerprint density at radius 3 is 1.95 bits per heavy atom. The normalized spacial score (nSPS) is 12.3. The second-order valence-corrected chi connectivity index (χ2v) is 5.51. The van der Waals surface area contributed by atoms with E-state index in [-0.39, 0.29) is 0 Å². The Labute approximate surface area is 122 Å². The third kappa shape index (κ3) is 3.86.